The van der Waals surface area contributed by atoms with E-state index >= 15 is 0 Å². The monoisotopic (exact) mass is 368 g/mol. The molecule has 0 spiro atoms. The number of ether oxygens (including phenoxy) is 3. The van der Waals surface area contributed by atoms with Crippen LogP contribution in [0, 0.1) is 0 Å². The van der Waals surface area contributed by atoms with Gasteiger partial charge in [0.15, 0.2) is 11.5 Å². The molecule has 2 aliphatic rings. The predicted octanol–water partition coefficient (Wildman–Crippen LogP) is 2.70. The molecule has 0 aromatic heterocycles. The van der Waals surface area contributed by atoms with Crippen LogP contribution in [0.25, 0.3) is 0 Å². The second-order valence-electron chi connectivity index (χ2n) is 6.94. The van der Waals surface area contributed by atoms with Crippen LogP contribution in [0.4, 0.5) is 5.69 Å². The zero-order valence-electron chi connectivity index (χ0n) is 15.7. The van der Waals surface area contributed by atoms with Gasteiger partial charge in [0.2, 0.25) is 12.7 Å². The lowest BCUT2D eigenvalue weighted by Gasteiger charge is -2.41. The molecule has 6 heteroatoms. The van der Waals surface area contributed by atoms with Crippen LogP contribution in [0.5, 0.6) is 17.2 Å². The number of carbonyl (C=O) groups excluding carboxylic acids is 1. The molecule has 0 aliphatic carbocycles. The number of rotatable bonds is 4. The van der Waals surface area contributed by atoms with Crippen LogP contribution in [0.1, 0.15) is 12.5 Å². The molecule has 1 fully saturated rings. The number of benzene rings is 2. The molecule has 2 aliphatic heterocycles. The fourth-order valence-electron chi connectivity index (χ4n) is 3.68. The van der Waals surface area contributed by atoms with Gasteiger partial charge < -0.3 is 24.0 Å². The van der Waals surface area contributed by atoms with Crippen LogP contribution in [0.3, 0.4) is 0 Å². The Bertz CT molecular complexity index is 821. The van der Waals surface area contributed by atoms with Gasteiger partial charge in [0, 0.05) is 31.4 Å². The van der Waals surface area contributed by atoms with Gasteiger partial charge >= 0.3 is 0 Å². The van der Waals surface area contributed by atoms with E-state index in [-0.39, 0.29) is 18.7 Å². The van der Waals surface area contributed by atoms with Crippen LogP contribution in [0.15, 0.2) is 42.5 Å². The molecular weight excluding hydrogens is 344 g/mol. The summed E-state index contributed by atoms with van der Waals surface area (Å²) >= 11 is 0. The van der Waals surface area contributed by atoms with Crippen LogP contribution < -0.4 is 19.1 Å². The molecular formula is C21H24N2O4. The van der Waals surface area contributed by atoms with Gasteiger partial charge in [-0.1, -0.05) is 6.07 Å². The van der Waals surface area contributed by atoms with Crippen molar-refractivity contribution in [2.75, 3.05) is 38.4 Å². The maximum Gasteiger partial charge on any atom is 0.231 e. The lowest BCUT2D eigenvalue weighted by atomic mass is 10.1. The fraction of sp³-hybridized carbons (Fsp3) is 0.381. The molecule has 2 heterocycles. The predicted molar refractivity (Wildman–Crippen MR) is 103 cm³/mol. The van der Waals surface area contributed by atoms with Crippen molar-refractivity contribution in [3.63, 3.8) is 0 Å². The summed E-state index contributed by atoms with van der Waals surface area (Å²) in [6.45, 7) is 4.71. The molecule has 1 saturated heterocycles. The minimum Gasteiger partial charge on any atom is -0.497 e. The number of methoxy groups -OCH3 is 1. The lowest BCUT2D eigenvalue weighted by molar-refractivity contribution is -0.132. The SMILES string of the molecule is COc1ccc(N2CCN(C(=O)Cc3ccc4c(c3)OCO4)[C@H](C)C2)cc1. The zero-order valence-corrected chi connectivity index (χ0v) is 15.7. The summed E-state index contributed by atoms with van der Waals surface area (Å²) in [5, 5.41) is 0. The Labute approximate surface area is 159 Å². The van der Waals surface area contributed by atoms with Gasteiger partial charge in [-0.3, -0.25) is 4.79 Å². The van der Waals surface area contributed by atoms with Gasteiger partial charge in [-0.25, -0.2) is 0 Å². The Morgan fingerprint density at radius 1 is 1.11 bits per heavy atom. The lowest BCUT2D eigenvalue weighted by Crippen LogP contribution is -2.54. The highest BCUT2D eigenvalue weighted by Crippen LogP contribution is 2.32. The van der Waals surface area contributed by atoms with Crippen molar-refractivity contribution in [2.24, 2.45) is 0 Å². The van der Waals surface area contributed by atoms with Gasteiger partial charge in [0.25, 0.3) is 0 Å². The summed E-state index contributed by atoms with van der Waals surface area (Å²) in [7, 11) is 1.67. The third-order valence-electron chi connectivity index (χ3n) is 5.18. The number of piperazine rings is 1. The van der Waals surface area contributed by atoms with Crippen LogP contribution in [-0.2, 0) is 11.2 Å². The van der Waals surface area contributed by atoms with E-state index in [1.165, 1.54) is 0 Å². The summed E-state index contributed by atoms with van der Waals surface area (Å²) in [5.41, 5.74) is 2.11. The Hall–Kier alpha value is -2.89. The molecule has 6 nitrogen and oxygen atoms in total. The van der Waals surface area contributed by atoms with Gasteiger partial charge in [0.1, 0.15) is 5.75 Å². The van der Waals surface area contributed by atoms with Crippen LogP contribution in [-0.4, -0.2) is 50.4 Å². The number of fused-ring (bicyclic) bond motifs is 1. The average Bonchev–Trinajstić information content (AvgIpc) is 3.15. The van der Waals surface area contributed by atoms with Gasteiger partial charge in [0.05, 0.1) is 13.5 Å². The molecule has 0 saturated carbocycles. The minimum atomic E-state index is 0.149. The first-order valence-corrected chi connectivity index (χ1v) is 9.21. The number of amides is 1. The van der Waals surface area contributed by atoms with Crippen molar-refractivity contribution in [3.8, 4) is 17.2 Å². The first-order chi connectivity index (χ1) is 13.1. The van der Waals surface area contributed by atoms with Crippen molar-refractivity contribution < 1.29 is 19.0 Å². The molecule has 27 heavy (non-hydrogen) atoms. The maximum absolute atomic E-state index is 12.8. The average molecular weight is 368 g/mol. The zero-order chi connectivity index (χ0) is 18.8. The Kier molecular flexibility index (Phi) is 4.79. The maximum atomic E-state index is 12.8. The number of hydrogen-bond donors (Lipinski definition) is 0. The van der Waals surface area contributed by atoms with Gasteiger partial charge in [-0.05, 0) is 48.9 Å². The van der Waals surface area contributed by atoms with Crippen LogP contribution in [0.2, 0.25) is 0 Å². The van der Waals surface area contributed by atoms with E-state index in [1.807, 2.05) is 35.2 Å². The molecule has 0 radical (unpaired) electrons. The standard InChI is InChI=1S/C21H24N2O4/c1-15-13-22(17-4-6-18(25-2)7-5-17)9-10-23(15)21(24)12-16-3-8-19-20(11-16)27-14-26-19/h3-8,11,15H,9-10,12-14H2,1-2H3/t15-/m1/s1. The van der Waals surface area contributed by atoms with E-state index in [0.717, 1.165) is 48.1 Å². The topological polar surface area (TPSA) is 51.2 Å². The number of hydrogen-bond acceptors (Lipinski definition) is 5. The van der Waals surface area contributed by atoms with E-state index in [4.69, 9.17) is 14.2 Å². The van der Waals surface area contributed by atoms with Crippen LogP contribution >= 0.6 is 0 Å². The Balaban J connectivity index is 1.38. The highest BCUT2D eigenvalue weighted by atomic mass is 16.7. The van der Waals surface area contributed by atoms with Crippen molar-refractivity contribution in [3.05, 3.63) is 48.0 Å². The highest BCUT2D eigenvalue weighted by molar-refractivity contribution is 5.79. The first-order valence-electron chi connectivity index (χ1n) is 9.21. The highest BCUT2D eigenvalue weighted by Gasteiger charge is 2.28. The summed E-state index contributed by atoms with van der Waals surface area (Å²) in [6.07, 6.45) is 0.378. The molecule has 1 amide bonds. The van der Waals surface area contributed by atoms with Crippen molar-refractivity contribution in [1.29, 1.82) is 0 Å². The normalized spacial score (nSPS) is 18.5. The van der Waals surface area contributed by atoms with E-state index in [0.29, 0.717) is 6.42 Å². The number of carbonyl (C=O) groups is 1. The molecule has 0 bridgehead atoms. The molecule has 1 atom stereocenters. The Morgan fingerprint density at radius 3 is 2.63 bits per heavy atom. The minimum absolute atomic E-state index is 0.149. The van der Waals surface area contributed by atoms with E-state index < -0.39 is 0 Å². The number of anilines is 1. The smallest absolute Gasteiger partial charge is 0.231 e. The molecule has 4 rings (SSSR count). The molecule has 0 unspecified atom stereocenters. The quantitative estimate of drug-likeness (QED) is 0.831. The summed E-state index contributed by atoms with van der Waals surface area (Å²) in [4.78, 5) is 17.1. The fourth-order valence-corrected chi connectivity index (χ4v) is 3.68. The van der Waals surface area contributed by atoms with Gasteiger partial charge in [-0.15, -0.1) is 0 Å². The van der Waals surface area contributed by atoms with E-state index in [2.05, 4.69) is 24.0 Å². The second-order valence-corrected chi connectivity index (χ2v) is 6.94. The van der Waals surface area contributed by atoms with E-state index in [1.54, 1.807) is 7.11 Å². The third kappa shape index (κ3) is 3.65. The second kappa shape index (κ2) is 7.39. The molecule has 0 N–H and O–H groups in total. The van der Waals surface area contributed by atoms with Gasteiger partial charge in [-0.2, -0.15) is 0 Å². The van der Waals surface area contributed by atoms with Crippen molar-refractivity contribution in [2.45, 2.75) is 19.4 Å². The van der Waals surface area contributed by atoms with E-state index in [9.17, 15) is 4.79 Å². The number of nitrogens with zero attached hydrogens (tertiary/aromatic N) is 2. The summed E-state index contributed by atoms with van der Waals surface area (Å²) in [6, 6.07) is 13.9. The summed E-state index contributed by atoms with van der Waals surface area (Å²) < 4.78 is 16.0. The summed E-state index contributed by atoms with van der Waals surface area (Å²) in [5.74, 6) is 2.46. The third-order valence-corrected chi connectivity index (χ3v) is 5.18. The molecule has 142 valence electrons. The Morgan fingerprint density at radius 2 is 1.89 bits per heavy atom. The molecule has 2 aromatic rings. The van der Waals surface area contributed by atoms with Crippen molar-refractivity contribution in [1.82, 2.24) is 4.90 Å². The molecule has 2 aromatic carbocycles. The first kappa shape index (κ1) is 17.5. The largest absolute Gasteiger partial charge is 0.497 e. The van der Waals surface area contributed by atoms with Crippen molar-refractivity contribution >= 4 is 11.6 Å².